The van der Waals surface area contributed by atoms with E-state index in [0.29, 0.717) is 18.2 Å². The van der Waals surface area contributed by atoms with E-state index in [1.807, 2.05) is 0 Å². The maximum atomic E-state index is 13.5. The van der Waals surface area contributed by atoms with Gasteiger partial charge in [-0.1, -0.05) is 15.9 Å². The van der Waals surface area contributed by atoms with Gasteiger partial charge >= 0.3 is 6.18 Å². The van der Waals surface area contributed by atoms with Crippen LogP contribution in [-0.2, 0) is 6.18 Å². The standard InChI is InChI=1S/C15H16BrF3N2O2/c1-14(22)6-9(7-14)21-8-20-12-5-10(23-3-2-16)4-11(13(12)21)15(17,18)19/h4-5,8-9,22H,2-3,6-7H2,1H3/t9-,14+. The summed E-state index contributed by atoms with van der Waals surface area (Å²) in [6.45, 7) is 1.95. The van der Waals surface area contributed by atoms with Gasteiger partial charge in [0.2, 0.25) is 0 Å². The van der Waals surface area contributed by atoms with Gasteiger partial charge in [-0.25, -0.2) is 4.98 Å². The molecule has 1 heterocycles. The van der Waals surface area contributed by atoms with Crippen LogP contribution in [0, 0.1) is 0 Å². The van der Waals surface area contributed by atoms with Gasteiger partial charge in [-0.2, -0.15) is 13.2 Å². The molecule has 0 spiro atoms. The second kappa shape index (κ2) is 5.66. The first-order valence-corrected chi connectivity index (χ1v) is 8.32. The van der Waals surface area contributed by atoms with Crippen LogP contribution in [0.25, 0.3) is 11.0 Å². The van der Waals surface area contributed by atoms with E-state index in [1.54, 1.807) is 6.92 Å². The number of benzene rings is 1. The van der Waals surface area contributed by atoms with Crippen molar-refractivity contribution in [3.8, 4) is 5.75 Å². The van der Waals surface area contributed by atoms with Crippen molar-refractivity contribution >= 4 is 27.0 Å². The number of fused-ring (bicyclic) bond motifs is 1. The molecule has 4 nitrogen and oxygen atoms in total. The lowest BCUT2D eigenvalue weighted by molar-refractivity contribution is -0.136. The number of aromatic nitrogens is 2. The van der Waals surface area contributed by atoms with Gasteiger partial charge in [-0.3, -0.25) is 0 Å². The molecule has 1 fully saturated rings. The lowest BCUT2D eigenvalue weighted by Crippen LogP contribution is -2.41. The molecule has 0 unspecified atom stereocenters. The Labute approximate surface area is 139 Å². The largest absolute Gasteiger partial charge is 0.493 e. The molecule has 3 rings (SSSR count). The van der Waals surface area contributed by atoms with E-state index < -0.39 is 17.3 Å². The minimum atomic E-state index is -4.50. The molecular formula is C15H16BrF3N2O2. The molecule has 0 bridgehead atoms. The molecular weight excluding hydrogens is 377 g/mol. The number of imidazole rings is 1. The van der Waals surface area contributed by atoms with Crippen molar-refractivity contribution < 1.29 is 23.0 Å². The first-order valence-electron chi connectivity index (χ1n) is 7.20. The first kappa shape index (κ1) is 16.6. The van der Waals surface area contributed by atoms with Crippen LogP contribution in [0.4, 0.5) is 13.2 Å². The minimum absolute atomic E-state index is 0.0455. The molecule has 2 aromatic rings. The van der Waals surface area contributed by atoms with Crippen LogP contribution in [0.5, 0.6) is 5.75 Å². The Morgan fingerprint density at radius 1 is 1.43 bits per heavy atom. The number of ether oxygens (including phenoxy) is 1. The SMILES string of the molecule is C[C@]1(O)C[C@@H](n2cnc3cc(OCCBr)cc(C(F)(F)F)c32)C1. The Bertz CT molecular complexity index is 719. The van der Waals surface area contributed by atoms with Gasteiger partial charge in [-0.15, -0.1) is 0 Å². The Hall–Kier alpha value is -1.28. The molecule has 1 saturated carbocycles. The number of aliphatic hydroxyl groups is 1. The smallest absolute Gasteiger partial charge is 0.418 e. The highest BCUT2D eigenvalue weighted by Crippen LogP contribution is 2.45. The third kappa shape index (κ3) is 3.19. The second-order valence-corrected chi connectivity index (χ2v) is 6.88. The van der Waals surface area contributed by atoms with Gasteiger partial charge in [0.05, 0.1) is 35.1 Å². The number of alkyl halides is 4. The normalized spacial score (nSPS) is 24.7. The highest BCUT2D eigenvalue weighted by Gasteiger charge is 2.42. The molecule has 1 N–H and O–H groups in total. The molecule has 0 atom stereocenters. The van der Waals surface area contributed by atoms with Gasteiger partial charge in [0.1, 0.15) is 5.75 Å². The molecule has 0 aliphatic heterocycles. The Morgan fingerprint density at radius 2 is 2.13 bits per heavy atom. The third-order valence-corrected chi connectivity index (χ3v) is 4.36. The summed E-state index contributed by atoms with van der Waals surface area (Å²) in [6, 6.07) is 2.35. The summed E-state index contributed by atoms with van der Waals surface area (Å²) in [7, 11) is 0. The Morgan fingerprint density at radius 3 is 2.70 bits per heavy atom. The number of hydrogen-bond donors (Lipinski definition) is 1. The van der Waals surface area contributed by atoms with E-state index in [2.05, 4.69) is 20.9 Å². The van der Waals surface area contributed by atoms with E-state index in [9.17, 15) is 18.3 Å². The molecule has 8 heteroatoms. The number of hydrogen-bond acceptors (Lipinski definition) is 3. The summed E-state index contributed by atoms with van der Waals surface area (Å²) < 4.78 is 47.2. The maximum absolute atomic E-state index is 13.5. The predicted octanol–water partition coefficient (Wildman–Crippen LogP) is 3.91. The van der Waals surface area contributed by atoms with Gasteiger partial charge in [0.15, 0.2) is 0 Å². The van der Waals surface area contributed by atoms with Crippen LogP contribution in [0.2, 0.25) is 0 Å². The van der Waals surface area contributed by atoms with Crippen LogP contribution in [0.3, 0.4) is 0 Å². The minimum Gasteiger partial charge on any atom is -0.493 e. The lowest BCUT2D eigenvalue weighted by atomic mass is 9.77. The second-order valence-electron chi connectivity index (χ2n) is 6.08. The van der Waals surface area contributed by atoms with Crippen molar-refractivity contribution in [2.75, 3.05) is 11.9 Å². The van der Waals surface area contributed by atoms with Crippen LogP contribution in [0.15, 0.2) is 18.5 Å². The fraction of sp³-hybridized carbons (Fsp3) is 0.533. The zero-order chi connectivity index (χ0) is 16.8. The quantitative estimate of drug-likeness (QED) is 0.802. The molecule has 0 radical (unpaired) electrons. The molecule has 0 saturated heterocycles. The molecule has 1 aromatic carbocycles. The summed E-state index contributed by atoms with van der Waals surface area (Å²) >= 11 is 3.17. The number of nitrogens with zero attached hydrogens (tertiary/aromatic N) is 2. The van der Waals surface area contributed by atoms with Crippen LogP contribution >= 0.6 is 15.9 Å². The Balaban J connectivity index is 2.07. The van der Waals surface area contributed by atoms with Crippen molar-refractivity contribution in [3.05, 3.63) is 24.0 Å². The fourth-order valence-electron chi connectivity index (χ4n) is 3.03. The van der Waals surface area contributed by atoms with Crippen LogP contribution in [0.1, 0.15) is 31.4 Å². The highest BCUT2D eigenvalue weighted by molar-refractivity contribution is 9.09. The van der Waals surface area contributed by atoms with E-state index in [4.69, 9.17) is 4.74 Å². The van der Waals surface area contributed by atoms with Crippen molar-refractivity contribution in [2.24, 2.45) is 0 Å². The fourth-order valence-corrected chi connectivity index (χ4v) is 3.19. The predicted molar refractivity (Wildman–Crippen MR) is 82.9 cm³/mol. The van der Waals surface area contributed by atoms with Crippen molar-refractivity contribution in [1.29, 1.82) is 0 Å². The molecule has 126 valence electrons. The highest BCUT2D eigenvalue weighted by atomic mass is 79.9. The summed E-state index contributed by atoms with van der Waals surface area (Å²) in [5.41, 5.74) is -1.29. The zero-order valence-corrected chi connectivity index (χ0v) is 14.0. The van der Waals surface area contributed by atoms with E-state index in [1.165, 1.54) is 17.0 Å². The molecule has 1 aromatic heterocycles. The van der Waals surface area contributed by atoms with E-state index in [0.717, 1.165) is 6.07 Å². The Kier molecular flexibility index (Phi) is 4.08. The van der Waals surface area contributed by atoms with Gasteiger partial charge < -0.3 is 14.4 Å². The molecule has 23 heavy (non-hydrogen) atoms. The topological polar surface area (TPSA) is 47.3 Å². The zero-order valence-electron chi connectivity index (χ0n) is 12.4. The van der Waals surface area contributed by atoms with Crippen molar-refractivity contribution in [1.82, 2.24) is 9.55 Å². The van der Waals surface area contributed by atoms with E-state index in [-0.39, 0.29) is 29.4 Å². The summed E-state index contributed by atoms with van der Waals surface area (Å²) in [5.74, 6) is 0.148. The van der Waals surface area contributed by atoms with Gasteiger partial charge in [-0.05, 0) is 25.8 Å². The summed E-state index contributed by atoms with van der Waals surface area (Å²) in [6.07, 6.45) is -2.26. The first-order chi connectivity index (χ1) is 10.7. The van der Waals surface area contributed by atoms with E-state index >= 15 is 0 Å². The molecule has 1 aliphatic carbocycles. The number of halogens is 4. The third-order valence-electron chi connectivity index (χ3n) is 4.04. The monoisotopic (exact) mass is 392 g/mol. The van der Waals surface area contributed by atoms with Crippen molar-refractivity contribution in [3.63, 3.8) is 0 Å². The average molecular weight is 393 g/mol. The lowest BCUT2D eigenvalue weighted by Gasteiger charge is -2.41. The maximum Gasteiger partial charge on any atom is 0.418 e. The van der Waals surface area contributed by atoms with Crippen LogP contribution in [-0.4, -0.2) is 32.2 Å². The molecule has 1 aliphatic rings. The number of rotatable bonds is 4. The van der Waals surface area contributed by atoms with Gasteiger partial charge in [0.25, 0.3) is 0 Å². The van der Waals surface area contributed by atoms with Crippen LogP contribution < -0.4 is 4.74 Å². The van der Waals surface area contributed by atoms with Crippen molar-refractivity contribution in [2.45, 2.75) is 37.6 Å². The average Bonchev–Trinajstić information content (AvgIpc) is 2.83. The molecule has 0 amide bonds. The summed E-state index contributed by atoms with van der Waals surface area (Å²) in [5, 5.41) is 10.4. The van der Waals surface area contributed by atoms with Gasteiger partial charge in [0, 0.05) is 17.4 Å². The summed E-state index contributed by atoms with van der Waals surface area (Å²) in [4.78, 5) is 4.10.